The van der Waals surface area contributed by atoms with Gasteiger partial charge in [0.25, 0.3) is 0 Å². The molecule has 3 atom stereocenters. The van der Waals surface area contributed by atoms with E-state index in [1.54, 1.807) is 0 Å². The van der Waals surface area contributed by atoms with Gasteiger partial charge in [-0.15, -0.1) is 0 Å². The zero-order valence-corrected chi connectivity index (χ0v) is 10.9. The van der Waals surface area contributed by atoms with Crippen molar-refractivity contribution in [1.82, 2.24) is 10.2 Å². The second-order valence-electron chi connectivity index (χ2n) is 4.98. The van der Waals surface area contributed by atoms with Crippen molar-refractivity contribution in [2.75, 3.05) is 19.6 Å². The summed E-state index contributed by atoms with van der Waals surface area (Å²) in [6.45, 7) is 12.9. The first-order valence-corrected chi connectivity index (χ1v) is 6.68. The van der Waals surface area contributed by atoms with E-state index in [1.165, 1.54) is 32.4 Å². The van der Waals surface area contributed by atoms with E-state index < -0.39 is 0 Å². The molecule has 1 heterocycles. The van der Waals surface area contributed by atoms with Gasteiger partial charge in [0.2, 0.25) is 0 Å². The molecule has 2 nitrogen and oxygen atoms in total. The summed E-state index contributed by atoms with van der Waals surface area (Å²) < 4.78 is 0. The third kappa shape index (κ3) is 3.76. The molecule has 1 N–H and O–H groups in total. The molecule has 1 aliphatic rings. The topological polar surface area (TPSA) is 15.3 Å². The molecule has 3 unspecified atom stereocenters. The molecule has 0 spiro atoms. The SMILES string of the molecule is CCNC1CC(CC)CN(C(C)CC)C1. The Morgan fingerprint density at radius 1 is 1.27 bits per heavy atom. The third-order valence-electron chi connectivity index (χ3n) is 3.85. The summed E-state index contributed by atoms with van der Waals surface area (Å²) in [5.41, 5.74) is 0. The van der Waals surface area contributed by atoms with E-state index in [-0.39, 0.29) is 0 Å². The Balaban J connectivity index is 2.50. The van der Waals surface area contributed by atoms with Gasteiger partial charge in [0.05, 0.1) is 0 Å². The van der Waals surface area contributed by atoms with Gasteiger partial charge in [0.15, 0.2) is 0 Å². The summed E-state index contributed by atoms with van der Waals surface area (Å²) in [6.07, 6.45) is 3.97. The lowest BCUT2D eigenvalue weighted by Gasteiger charge is -2.41. The van der Waals surface area contributed by atoms with Crippen LogP contribution in [-0.4, -0.2) is 36.6 Å². The number of rotatable bonds is 5. The second-order valence-corrected chi connectivity index (χ2v) is 4.98. The third-order valence-corrected chi connectivity index (χ3v) is 3.85. The smallest absolute Gasteiger partial charge is 0.0198 e. The fourth-order valence-electron chi connectivity index (χ4n) is 2.59. The van der Waals surface area contributed by atoms with Gasteiger partial charge in [-0.2, -0.15) is 0 Å². The van der Waals surface area contributed by atoms with E-state index in [4.69, 9.17) is 0 Å². The van der Waals surface area contributed by atoms with Gasteiger partial charge in [-0.3, -0.25) is 4.90 Å². The largest absolute Gasteiger partial charge is 0.313 e. The van der Waals surface area contributed by atoms with Crippen molar-refractivity contribution in [3.05, 3.63) is 0 Å². The number of nitrogens with one attached hydrogen (secondary N) is 1. The number of hydrogen-bond donors (Lipinski definition) is 1. The summed E-state index contributed by atoms with van der Waals surface area (Å²) in [6, 6.07) is 1.48. The Bertz CT molecular complexity index is 170. The summed E-state index contributed by atoms with van der Waals surface area (Å²) in [7, 11) is 0. The quantitative estimate of drug-likeness (QED) is 0.753. The Morgan fingerprint density at radius 2 is 2.00 bits per heavy atom. The average Bonchev–Trinajstić information content (AvgIpc) is 2.28. The molecule has 0 aliphatic carbocycles. The summed E-state index contributed by atoms with van der Waals surface area (Å²) in [4.78, 5) is 2.67. The molecule has 2 heteroatoms. The standard InChI is InChI=1S/C13H28N2/c1-5-11(4)15-9-12(6-2)8-13(10-15)14-7-3/h11-14H,5-10H2,1-4H3. The van der Waals surface area contributed by atoms with Gasteiger partial charge in [-0.1, -0.05) is 27.2 Å². The van der Waals surface area contributed by atoms with E-state index in [1.807, 2.05) is 0 Å². The van der Waals surface area contributed by atoms with Crippen molar-refractivity contribution in [2.45, 2.75) is 59.0 Å². The van der Waals surface area contributed by atoms with Gasteiger partial charge in [0.1, 0.15) is 0 Å². The van der Waals surface area contributed by atoms with Crippen LogP contribution in [-0.2, 0) is 0 Å². The first kappa shape index (κ1) is 13.0. The Kier molecular flexibility index (Phi) is 5.62. The molecule has 1 fully saturated rings. The Hall–Kier alpha value is -0.0800. The van der Waals surface area contributed by atoms with Crippen LogP contribution in [0.5, 0.6) is 0 Å². The maximum atomic E-state index is 3.62. The van der Waals surface area contributed by atoms with Gasteiger partial charge < -0.3 is 5.32 Å². The number of piperidine rings is 1. The number of hydrogen-bond acceptors (Lipinski definition) is 2. The lowest BCUT2D eigenvalue weighted by atomic mass is 9.91. The Morgan fingerprint density at radius 3 is 2.53 bits per heavy atom. The minimum Gasteiger partial charge on any atom is -0.313 e. The first-order valence-electron chi connectivity index (χ1n) is 6.68. The monoisotopic (exact) mass is 212 g/mol. The van der Waals surface area contributed by atoms with Crippen LogP contribution in [0.4, 0.5) is 0 Å². The fourth-order valence-corrected chi connectivity index (χ4v) is 2.59. The summed E-state index contributed by atoms with van der Waals surface area (Å²) >= 11 is 0. The van der Waals surface area contributed by atoms with E-state index in [9.17, 15) is 0 Å². The van der Waals surface area contributed by atoms with Crippen LogP contribution in [0.2, 0.25) is 0 Å². The van der Waals surface area contributed by atoms with Gasteiger partial charge in [-0.05, 0) is 32.2 Å². The number of nitrogens with zero attached hydrogens (tertiary/aromatic N) is 1. The average molecular weight is 212 g/mol. The number of likely N-dealkylation sites (tertiary alicyclic amines) is 1. The fraction of sp³-hybridized carbons (Fsp3) is 1.00. The van der Waals surface area contributed by atoms with Crippen molar-refractivity contribution < 1.29 is 0 Å². The minimum absolute atomic E-state index is 0.725. The molecule has 0 amide bonds. The molecular formula is C13H28N2. The molecule has 1 rings (SSSR count). The van der Waals surface area contributed by atoms with E-state index in [2.05, 4.69) is 37.9 Å². The molecule has 0 radical (unpaired) electrons. The minimum atomic E-state index is 0.725. The van der Waals surface area contributed by atoms with Crippen LogP contribution in [0.1, 0.15) is 47.0 Å². The van der Waals surface area contributed by atoms with Gasteiger partial charge in [-0.25, -0.2) is 0 Å². The predicted octanol–water partition coefficient (Wildman–Crippen LogP) is 2.49. The van der Waals surface area contributed by atoms with Crippen molar-refractivity contribution in [3.63, 3.8) is 0 Å². The van der Waals surface area contributed by atoms with Crippen LogP contribution >= 0.6 is 0 Å². The van der Waals surface area contributed by atoms with Gasteiger partial charge >= 0.3 is 0 Å². The summed E-state index contributed by atoms with van der Waals surface area (Å²) in [5.74, 6) is 0.900. The van der Waals surface area contributed by atoms with Crippen molar-refractivity contribution in [2.24, 2.45) is 5.92 Å². The molecule has 0 aromatic carbocycles. The van der Waals surface area contributed by atoms with Crippen LogP contribution in [0.3, 0.4) is 0 Å². The zero-order chi connectivity index (χ0) is 11.3. The highest BCUT2D eigenvalue weighted by Gasteiger charge is 2.27. The molecule has 0 saturated carbocycles. The van der Waals surface area contributed by atoms with Crippen LogP contribution in [0.25, 0.3) is 0 Å². The van der Waals surface area contributed by atoms with Crippen LogP contribution in [0.15, 0.2) is 0 Å². The van der Waals surface area contributed by atoms with Crippen LogP contribution in [0, 0.1) is 5.92 Å². The molecule has 1 aliphatic heterocycles. The Labute approximate surface area is 95.4 Å². The van der Waals surface area contributed by atoms with Crippen molar-refractivity contribution in [1.29, 1.82) is 0 Å². The number of likely N-dealkylation sites (N-methyl/N-ethyl adjacent to an activating group) is 1. The van der Waals surface area contributed by atoms with E-state index >= 15 is 0 Å². The highest BCUT2D eigenvalue weighted by molar-refractivity contribution is 4.84. The van der Waals surface area contributed by atoms with Gasteiger partial charge in [0, 0.05) is 25.2 Å². The maximum absolute atomic E-state index is 3.62. The van der Waals surface area contributed by atoms with E-state index in [0.29, 0.717) is 0 Å². The molecule has 1 saturated heterocycles. The lowest BCUT2D eigenvalue weighted by molar-refractivity contribution is 0.101. The molecule has 0 bridgehead atoms. The normalized spacial score (nSPS) is 30.4. The zero-order valence-electron chi connectivity index (χ0n) is 10.9. The highest BCUT2D eigenvalue weighted by Crippen LogP contribution is 2.22. The van der Waals surface area contributed by atoms with Crippen LogP contribution < -0.4 is 5.32 Å². The molecule has 0 aromatic rings. The molecule has 0 aromatic heterocycles. The van der Waals surface area contributed by atoms with Crippen molar-refractivity contribution >= 4 is 0 Å². The first-order chi connectivity index (χ1) is 7.21. The highest BCUT2D eigenvalue weighted by atomic mass is 15.2. The van der Waals surface area contributed by atoms with E-state index in [0.717, 1.165) is 24.5 Å². The maximum Gasteiger partial charge on any atom is 0.0198 e. The second kappa shape index (κ2) is 6.49. The predicted molar refractivity (Wildman–Crippen MR) is 67.2 cm³/mol. The molecular weight excluding hydrogens is 184 g/mol. The van der Waals surface area contributed by atoms with Crippen molar-refractivity contribution in [3.8, 4) is 0 Å². The molecule has 90 valence electrons. The summed E-state index contributed by atoms with van der Waals surface area (Å²) in [5, 5.41) is 3.62. The molecule has 15 heavy (non-hydrogen) atoms. The lowest BCUT2D eigenvalue weighted by Crippen LogP contribution is -2.51.